The first-order valence-corrected chi connectivity index (χ1v) is 23.7. The molecule has 0 heterocycles. The molecule has 0 aromatic rings. The summed E-state index contributed by atoms with van der Waals surface area (Å²) < 4.78 is 26.8. The summed E-state index contributed by atoms with van der Waals surface area (Å²) in [6.07, 6.45) is 41.5. The third-order valence-corrected chi connectivity index (χ3v) is 10.7. The van der Waals surface area contributed by atoms with Gasteiger partial charge in [0.2, 0.25) is 5.91 Å². The maximum atomic E-state index is 12.1. The molecule has 0 aliphatic rings. The summed E-state index contributed by atoms with van der Waals surface area (Å²) in [6.45, 7) is 3.53. The Hall–Kier alpha value is -1.25. The first kappa shape index (κ1) is 51.8. The number of esters is 1. The van der Waals surface area contributed by atoms with Crippen LogP contribution in [0.1, 0.15) is 219 Å². The number of rotatable bonds is 42. The summed E-state index contributed by atoms with van der Waals surface area (Å²) in [5.41, 5.74) is 0. The number of phosphoric acid groups is 1. The Bertz CT molecular complexity index is 886. The highest BCUT2D eigenvalue weighted by atomic mass is 31.2. The molecule has 0 saturated carbocycles. The van der Waals surface area contributed by atoms with Crippen LogP contribution in [0.25, 0.3) is 0 Å². The van der Waals surface area contributed by atoms with E-state index in [4.69, 9.17) is 13.8 Å². The van der Waals surface area contributed by atoms with E-state index in [9.17, 15) is 24.2 Å². The second-order valence-electron chi connectivity index (χ2n) is 15.0. The van der Waals surface area contributed by atoms with Gasteiger partial charge in [0.15, 0.2) is 0 Å². The van der Waals surface area contributed by atoms with Crippen molar-refractivity contribution >= 4 is 19.7 Å². The summed E-state index contributed by atoms with van der Waals surface area (Å²) >= 11 is 0. The molecule has 3 N–H and O–H groups in total. The molecule has 0 aliphatic carbocycles. The van der Waals surface area contributed by atoms with Crippen LogP contribution in [-0.4, -0.2) is 54.3 Å². The van der Waals surface area contributed by atoms with Gasteiger partial charge in [-0.05, 0) is 32.1 Å². The number of carbonyl (C=O) groups is 2. The first-order valence-electron chi connectivity index (χ1n) is 22.2. The van der Waals surface area contributed by atoms with Crippen molar-refractivity contribution in [3.05, 3.63) is 12.2 Å². The van der Waals surface area contributed by atoms with Gasteiger partial charge in [0.1, 0.15) is 12.7 Å². The van der Waals surface area contributed by atoms with Gasteiger partial charge in [-0.2, -0.15) is 0 Å². The Morgan fingerprint density at radius 1 is 0.566 bits per heavy atom. The number of ether oxygens (including phenoxy) is 1. The molecule has 0 aromatic heterocycles. The van der Waals surface area contributed by atoms with Crippen LogP contribution in [0.2, 0.25) is 0 Å². The number of hydrogen-bond acceptors (Lipinski definition) is 7. The van der Waals surface area contributed by atoms with Crippen molar-refractivity contribution in [2.45, 2.75) is 225 Å². The largest absolute Gasteiger partial charge is 0.472 e. The molecule has 0 aliphatic heterocycles. The molecular formula is C43H84NO8P. The van der Waals surface area contributed by atoms with Crippen molar-refractivity contribution in [1.29, 1.82) is 0 Å². The first-order chi connectivity index (χ1) is 25.8. The van der Waals surface area contributed by atoms with Crippen molar-refractivity contribution in [3.63, 3.8) is 0 Å². The number of hydrogen-bond donors (Lipinski definition) is 3. The highest BCUT2D eigenvalue weighted by molar-refractivity contribution is 7.47. The van der Waals surface area contributed by atoms with Crippen LogP contribution in [0.4, 0.5) is 0 Å². The molecule has 9 nitrogen and oxygen atoms in total. The van der Waals surface area contributed by atoms with Crippen molar-refractivity contribution in [2.75, 3.05) is 26.4 Å². The average molecular weight is 774 g/mol. The Morgan fingerprint density at radius 2 is 0.981 bits per heavy atom. The topological polar surface area (TPSA) is 131 Å². The zero-order chi connectivity index (χ0) is 38.9. The molecule has 0 spiro atoms. The molecule has 2 atom stereocenters. The van der Waals surface area contributed by atoms with Crippen LogP contribution < -0.4 is 5.32 Å². The molecule has 0 saturated heterocycles. The van der Waals surface area contributed by atoms with Crippen LogP contribution in [0.5, 0.6) is 0 Å². The lowest BCUT2D eigenvalue weighted by molar-refractivity contribution is -0.147. The second-order valence-corrected chi connectivity index (χ2v) is 16.5. The third kappa shape index (κ3) is 41.7. The number of allylic oxidation sites excluding steroid dienone is 2. The molecular weight excluding hydrogens is 689 g/mol. The molecule has 314 valence electrons. The van der Waals surface area contributed by atoms with Gasteiger partial charge in [0, 0.05) is 19.4 Å². The van der Waals surface area contributed by atoms with Crippen LogP contribution in [0.15, 0.2) is 12.2 Å². The van der Waals surface area contributed by atoms with Gasteiger partial charge in [-0.25, -0.2) is 4.57 Å². The Balaban J connectivity index is 3.53. The number of unbranched alkanes of at least 4 members (excludes halogenated alkanes) is 27. The Labute approximate surface area is 326 Å². The summed E-state index contributed by atoms with van der Waals surface area (Å²) in [6, 6.07) is 0. The molecule has 1 amide bonds. The van der Waals surface area contributed by atoms with Crippen LogP contribution in [0, 0.1) is 0 Å². The molecule has 0 aromatic carbocycles. The number of amides is 1. The smallest absolute Gasteiger partial charge is 0.463 e. The van der Waals surface area contributed by atoms with E-state index in [1.54, 1.807) is 0 Å². The summed E-state index contributed by atoms with van der Waals surface area (Å²) in [4.78, 5) is 33.8. The minimum Gasteiger partial charge on any atom is -0.463 e. The van der Waals surface area contributed by atoms with Gasteiger partial charge in [0.05, 0.1) is 13.2 Å². The average Bonchev–Trinajstić information content (AvgIpc) is 3.14. The maximum absolute atomic E-state index is 12.1. The zero-order valence-electron chi connectivity index (χ0n) is 34.5. The lowest BCUT2D eigenvalue weighted by atomic mass is 10.0. The van der Waals surface area contributed by atoms with Crippen molar-refractivity contribution in [3.8, 4) is 0 Å². The number of carbonyl (C=O) groups excluding carboxylic acids is 2. The van der Waals surface area contributed by atoms with Gasteiger partial charge < -0.3 is 20.1 Å². The van der Waals surface area contributed by atoms with E-state index in [1.807, 2.05) is 0 Å². The number of aliphatic hydroxyl groups is 1. The van der Waals surface area contributed by atoms with Crippen molar-refractivity contribution in [2.24, 2.45) is 0 Å². The number of nitrogens with one attached hydrogen (secondary N) is 1. The lowest BCUT2D eigenvalue weighted by Crippen LogP contribution is -2.27. The van der Waals surface area contributed by atoms with E-state index in [0.717, 1.165) is 51.4 Å². The monoisotopic (exact) mass is 774 g/mol. The van der Waals surface area contributed by atoms with Gasteiger partial charge in [-0.3, -0.25) is 18.6 Å². The predicted molar refractivity (Wildman–Crippen MR) is 220 cm³/mol. The van der Waals surface area contributed by atoms with E-state index in [2.05, 4.69) is 31.3 Å². The van der Waals surface area contributed by atoms with E-state index < -0.39 is 26.5 Å². The maximum Gasteiger partial charge on any atom is 0.472 e. The Kier molecular flexibility index (Phi) is 39.5. The van der Waals surface area contributed by atoms with Gasteiger partial charge >= 0.3 is 13.8 Å². The molecule has 53 heavy (non-hydrogen) atoms. The fraction of sp³-hybridized carbons (Fsp3) is 0.907. The molecule has 0 fully saturated rings. The van der Waals surface area contributed by atoms with E-state index in [1.165, 1.54) is 141 Å². The predicted octanol–water partition coefficient (Wildman–Crippen LogP) is 12.2. The summed E-state index contributed by atoms with van der Waals surface area (Å²) in [7, 11) is -4.41. The standard InChI is InChI=1S/C43H84NO8P/c1-3-5-7-9-11-13-15-16-17-18-19-20-21-22-23-24-26-28-30-32-34-36-43(47)50-39-41(45)40-52-53(48,49)51-38-37-44-42(46)35-33-31-29-27-25-14-12-10-8-6-4-2/h10,12,41,45H,3-9,11,13-40H2,1-2H3,(H,44,46)(H,48,49)/b12-10-. The van der Waals surface area contributed by atoms with E-state index >= 15 is 0 Å². The molecule has 2 unspecified atom stereocenters. The molecule has 0 rings (SSSR count). The number of phosphoric ester groups is 1. The fourth-order valence-electron chi connectivity index (χ4n) is 6.30. The molecule has 10 heteroatoms. The quantitative estimate of drug-likeness (QED) is 0.0242. The van der Waals surface area contributed by atoms with Crippen LogP contribution in [-0.2, 0) is 27.9 Å². The normalized spacial score (nSPS) is 13.4. The highest BCUT2D eigenvalue weighted by Gasteiger charge is 2.23. The fourth-order valence-corrected chi connectivity index (χ4v) is 7.06. The van der Waals surface area contributed by atoms with Crippen LogP contribution >= 0.6 is 7.82 Å². The number of aliphatic hydroxyl groups excluding tert-OH is 1. The third-order valence-electron chi connectivity index (χ3n) is 9.70. The Morgan fingerprint density at radius 3 is 1.47 bits per heavy atom. The lowest BCUT2D eigenvalue weighted by Gasteiger charge is -2.15. The molecule has 0 bridgehead atoms. The van der Waals surface area contributed by atoms with Gasteiger partial charge in [-0.15, -0.1) is 0 Å². The minimum absolute atomic E-state index is 0.0802. The summed E-state index contributed by atoms with van der Waals surface area (Å²) in [5.74, 6) is -0.518. The van der Waals surface area contributed by atoms with Crippen molar-refractivity contribution < 1.29 is 37.9 Å². The SMILES string of the molecule is CCCC/C=C\CCCCCCCC(=O)NCCOP(=O)(O)OCC(O)COC(=O)CCCCCCCCCCCCCCCCCCCCCCC. The molecule has 0 radical (unpaired) electrons. The minimum atomic E-state index is -4.41. The van der Waals surface area contributed by atoms with Gasteiger partial charge in [0.25, 0.3) is 0 Å². The summed E-state index contributed by atoms with van der Waals surface area (Å²) in [5, 5.41) is 12.7. The van der Waals surface area contributed by atoms with Crippen LogP contribution in [0.3, 0.4) is 0 Å². The highest BCUT2D eigenvalue weighted by Crippen LogP contribution is 2.42. The van der Waals surface area contributed by atoms with Gasteiger partial charge in [-0.1, -0.05) is 187 Å². The van der Waals surface area contributed by atoms with E-state index in [0.29, 0.717) is 6.42 Å². The zero-order valence-corrected chi connectivity index (χ0v) is 35.4. The van der Waals surface area contributed by atoms with E-state index in [-0.39, 0.29) is 32.1 Å². The second kappa shape index (κ2) is 40.4. The van der Waals surface area contributed by atoms with Crippen molar-refractivity contribution in [1.82, 2.24) is 5.32 Å².